The van der Waals surface area contributed by atoms with E-state index in [9.17, 15) is 5.11 Å². The summed E-state index contributed by atoms with van der Waals surface area (Å²) < 4.78 is 51.1. The first kappa shape index (κ1) is 16.7. The van der Waals surface area contributed by atoms with Crippen molar-refractivity contribution in [1.29, 1.82) is 0 Å². The Morgan fingerprint density at radius 2 is 1.70 bits per heavy atom. The Hall–Kier alpha value is -1.96. The number of fused-ring (bicyclic) bond motifs is 1. The second-order valence-corrected chi connectivity index (χ2v) is 9.02. The number of aromatic hydroxyl groups is 1. The second-order valence-electron chi connectivity index (χ2n) is 9.02. The SMILES string of the molecule is [2H]C([2H])([2H])C(=CCC/C(C)=C/CC/C(C)=C/CC[C@]1(C)CCc2cc(O)c(C)c(C)c2O1)C([2H])([2H])[2H]. The lowest BCUT2D eigenvalue weighted by molar-refractivity contribution is 0.0560. The molecule has 166 valence electrons. The lowest BCUT2D eigenvalue weighted by atomic mass is 9.87. The van der Waals surface area contributed by atoms with Crippen LogP contribution in [0.1, 0.15) is 104 Å². The summed E-state index contributed by atoms with van der Waals surface area (Å²) in [6, 6.07) is 1.84. The molecule has 1 heterocycles. The third-order valence-electron chi connectivity index (χ3n) is 6.25. The standard InChI is InChI=1S/C28H42O2/c1-20(2)11-8-12-21(3)13-9-14-22(4)15-10-17-28(7)18-16-25-19-26(29)23(5)24(6)27(25)30-28/h11,13,15,19,29H,8-10,12,14,16-18H2,1-7H3/b21-13+,22-15+/t28-/m1/s1/i1D3,2D3. The van der Waals surface area contributed by atoms with Gasteiger partial charge in [-0.3, -0.25) is 0 Å². The highest BCUT2D eigenvalue weighted by atomic mass is 16.5. The van der Waals surface area contributed by atoms with Crippen molar-refractivity contribution in [3.63, 3.8) is 0 Å². The molecule has 1 atom stereocenters. The van der Waals surface area contributed by atoms with Crippen LogP contribution in [0.2, 0.25) is 0 Å². The second kappa shape index (κ2) is 10.9. The van der Waals surface area contributed by atoms with Crippen LogP contribution in [-0.4, -0.2) is 10.7 Å². The highest BCUT2D eigenvalue weighted by molar-refractivity contribution is 5.53. The van der Waals surface area contributed by atoms with E-state index in [0.29, 0.717) is 18.6 Å². The Morgan fingerprint density at radius 1 is 1.07 bits per heavy atom. The van der Waals surface area contributed by atoms with Crippen molar-refractivity contribution in [2.75, 3.05) is 0 Å². The number of aryl methyl sites for hydroxylation is 1. The molecule has 0 saturated carbocycles. The van der Waals surface area contributed by atoms with E-state index in [1.807, 2.05) is 26.8 Å². The predicted molar refractivity (Wildman–Crippen MR) is 130 cm³/mol. The van der Waals surface area contributed by atoms with Crippen molar-refractivity contribution in [2.45, 2.75) is 105 Å². The number of benzene rings is 1. The molecule has 1 aliphatic rings. The minimum Gasteiger partial charge on any atom is -0.508 e. The molecule has 1 aliphatic heterocycles. The summed E-state index contributed by atoms with van der Waals surface area (Å²) in [6.45, 7) is 5.06. The van der Waals surface area contributed by atoms with Crippen molar-refractivity contribution < 1.29 is 18.1 Å². The topological polar surface area (TPSA) is 29.5 Å². The minimum atomic E-state index is -2.59. The zero-order valence-electron chi connectivity index (χ0n) is 25.3. The Kier molecular flexibility index (Phi) is 6.06. The zero-order chi connectivity index (χ0) is 27.3. The minimum absolute atomic E-state index is 0.218. The smallest absolute Gasteiger partial charge is 0.126 e. The third-order valence-corrected chi connectivity index (χ3v) is 6.25. The number of hydrogen-bond donors (Lipinski definition) is 1. The molecule has 0 bridgehead atoms. The fourth-order valence-electron chi connectivity index (χ4n) is 3.96. The number of phenols is 1. The highest BCUT2D eigenvalue weighted by Gasteiger charge is 2.32. The molecular formula is C28H42O2. The van der Waals surface area contributed by atoms with Gasteiger partial charge in [0.15, 0.2) is 0 Å². The average molecular weight is 417 g/mol. The van der Waals surface area contributed by atoms with Crippen molar-refractivity contribution in [3.05, 3.63) is 57.7 Å². The molecule has 1 N–H and O–H groups in total. The van der Waals surface area contributed by atoms with Gasteiger partial charge in [-0.25, -0.2) is 0 Å². The molecule has 2 rings (SSSR count). The number of phenolic OH excluding ortho intramolecular Hbond substituents is 1. The Labute approximate surface area is 193 Å². The normalized spacial score (nSPS) is 23.1. The predicted octanol–water partition coefficient (Wildman–Crippen LogP) is 8.29. The van der Waals surface area contributed by atoms with Gasteiger partial charge in [-0.1, -0.05) is 34.9 Å². The molecule has 2 nitrogen and oxygen atoms in total. The fraction of sp³-hybridized carbons (Fsp3) is 0.571. The quantitative estimate of drug-likeness (QED) is 0.410. The van der Waals surface area contributed by atoms with E-state index in [-0.39, 0.29) is 5.60 Å². The lowest BCUT2D eigenvalue weighted by Gasteiger charge is -2.37. The van der Waals surface area contributed by atoms with E-state index in [1.165, 1.54) is 11.6 Å². The molecule has 0 saturated heterocycles. The maximum atomic E-state index is 10.1. The van der Waals surface area contributed by atoms with E-state index in [1.54, 1.807) is 0 Å². The van der Waals surface area contributed by atoms with Gasteiger partial charge in [-0.05, 0) is 122 Å². The van der Waals surface area contributed by atoms with Crippen LogP contribution in [0.3, 0.4) is 0 Å². The number of allylic oxidation sites excluding steroid dienone is 6. The summed E-state index contributed by atoms with van der Waals surface area (Å²) in [7, 11) is 0. The Morgan fingerprint density at radius 3 is 2.37 bits per heavy atom. The van der Waals surface area contributed by atoms with Crippen LogP contribution >= 0.6 is 0 Å². The molecule has 0 spiro atoms. The zero-order valence-corrected chi connectivity index (χ0v) is 19.3. The van der Waals surface area contributed by atoms with Crippen molar-refractivity contribution in [3.8, 4) is 11.5 Å². The van der Waals surface area contributed by atoms with Gasteiger partial charge in [0.1, 0.15) is 17.1 Å². The van der Waals surface area contributed by atoms with E-state index in [2.05, 4.69) is 26.0 Å². The molecule has 0 aromatic heterocycles. The maximum Gasteiger partial charge on any atom is 0.126 e. The molecule has 0 aliphatic carbocycles. The highest BCUT2D eigenvalue weighted by Crippen LogP contribution is 2.41. The van der Waals surface area contributed by atoms with Crippen LogP contribution in [0.25, 0.3) is 0 Å². The van der Waals surface area contributed by atoms with Crippen molar-refractivity contribution >= 4 is 0 Å². The Balaban J connectivity index is 1.83. The molecule has 0 amide bonds. The van der Waals surface area contributed by atoms with Gasteiger partial charge in [0, 0.05) is 8.22 Å². The molecule has 0 radical (unpaired) electrons. The van der Waals surface area contributed by atoms with Gasteiger partial charge in [-0.2, -0.15) is 0 Å². The molecule has 0 unspecified atom stereocenters. The van der Waals surface area contributed by atoms with Gasteiger partial charge in [0.05, 0.1) is 0 Å². The summed E-state index contributed by atoms with van der Waals surface area (Å²) in [5.74, 6) is 1.27. The average Bonchev–Trinajstić information content (AvgIpc) is 2.74. The van der Waals surface area contributed by atoms with Crippen LogP contribution in [0.4, 0.5) is 0 Å². The van der Waals surface area contributed by atoms with Crippen LogP contribution in [0.5, 0.6) is 11.5 Å². The largest absolute Gasteiger partial charge is 0.508 e. The van der Waals surface area contributed by atoms with Crippen molar-refractivity contribution in [2.24, 2.45) is 0 Å². The van der Waals surface area contributed by atoms with Crippen LogP contribution in [0, 0.1) is 13.8 Å². The summed E-state index contributed by atoms with van der Waals surface area (Å²) in [4.78, 5) is 0. The summed E-state index contributed by atoms with van der Waals surface area (Å²) in [5, 5.41) is 10.1. The number of rotatable bonds is 9. The first-order valence-electron chi connectivity index (χ1n) is 14.1. The van der Waals surface area contributed by atoms with E-state index in [0.717, 1.165) is 66.5 Å². The lowest BCUT2D eigenvalue weighted by Crippen LogP contribution is -2.36. The van der Waals surface area contributed by atoms with E-state index in [4.69, 9.17) is 13.0 Å². The molecule has 1 aromatic carbocycles. The first-order chi connectivity index (χ1) is 16.5. The van der Waals surface area contributed by atoms with Gasteiger partial charge in [-0.15, -0.1) is 0 Å². The van der Waals surface area contributed by atoms with Crippen LogP contribution in [0.15, 0.2) is 41.0 Å². The fourth-order valence-corrected chi connectivity index (χ4v) is 3.96. The Bertz CT molecular complexity index is 998. The van der Waals surface area contributed by atoms with E-state index < -0.39 is 19.3 Å². The van der Waals surface area contributed by atoms with Gasteiger partial charge >= 0.3 is 0 Å². The van der Waals surface area contributed by atoms with Crippen molar-refractivity contribution in [1.82, 2.24) is 0 Å². The maximum absolute atomic E-state index is 10.1. The number of hydrogen-bond acceptors (Lipinski definition) is 2. The molecule has 1 aromatic rings. The summed E-state index contributed by atoms with van der Waals surface area (Å²) in [5.41, 5.74) is 4.78. The third kappa shape index (κ3) is 7.07. The monoisotopic (exact) mass is 416 g/mol. The first-order valence-corrected chi connectivity index (χ1v) is 11.1. The number of ether oxygens (including phenoxy) is 1. The summed E-state index contributed by atoms with van der Waals surface area (Å²) in [6.07, 6.45) is 12.4. The molecule has 30 heavy (non-hydrogen) atoms. The van der Waals surface area contributed by atoms with E-state index >= 15 is 0 Å². The molecule has 2 heteroatoms. The molecule has 0 fully saturated rings. The summed E-state index contributed by atoms with van der Waals surface area (Å²) >= 11 is 0. The van der Waals surface area contributed by atoms with Gasteiger partial charge in [0.25, 0.3) is 0 Å². The van der Waals surface area contributed by atoms with Gasteiger partial charge in [0.2, 0.25) is 0 Å². The van der Waals surface area contributed by atoms with Gasteiger partial charge < -0.3 is 9.84 Å². The molecular weight excluding hydrogens is 368 g/mol. The van der Waals surface area contributed by atoms with Crippen LogP contribution < -0.4 is 4.74 Å². The van der Waals surface area contributed by atoms with Crippen LogP contribution in [-0.2, 0) is 6.42 Å².